The molecule has 3 nitrogen and oxygen atoms in total. The number of para-hydroxylation sites is 1. The zero-order valence-corrected chi connectivity index (χ0v) is 10.6. The normalized spacial score (nSPS) is 11.4. The Bertz CT molecular complexity index is 424. The molecule has 0 saturated heterocycles. The van der Waals surface area contributed by atoms with E-state index in [1.54, 1.807) is 6.92 Å². The highest BCUT2D eigenvalue weighted by Crippen LogP contribution is 2.18. The van der Waals surface area contributed by atoms with Crippen LogP contribution in [0.25, 0.3) is 0 Å². The van der Waals surface area contributed by atoms with Crippen LogP contribution in [-0.4, -0.2) is 26.5 Å². The van der Waals surface area contributed by atoms with Crippen molar-refractivity contribution in [3.63, 3.8) is 0 Å². The van der Waals surface area contributed by atoms with Gasteiger partial charge in [0.25, 0.3) is 0 Å². The topological polar surface area (TPSA) is 43.4 Å². The highest BCUT2D eigenvalue weighted by atomic mass is 32.2. The van der Waals surface area contributed by atoms with Crippen LogP contribution in [0.5, 0.6) is 5.75 Å². The summed E-state index contributed by atoms with van der Waals surface area (Å²) in [5, 5.41) is 0. The van der Waals surface area contributed by atoms with Crippen LogP contribution in [-0.2, 0) is 16.3 Å². The van der Waals surface area contributed by atoms with E-state index < -0.39 is 9.84 Å². The average molecular weight is 242 g/mol. The van der Waals surface area contributed by atoms with E-state index in [2.05, 4.69) is 0 Å². The average Bonchev–Trinajstić information content (AvgIpc) is 2.29. The lowest BCUT2D eigenvalue weighted by Crippen LogP contribution is -2.15. The maximum absolute atomic E-state index is 11.3. The van der Waals surface area contributed by atoms with Gasteiger partial charge >= 0.3 is 0 Å². The number of hydrogen-bond donors (Lipinski definition) is 0. The van der Waals surface area contributed by atoms with Crippen molar-refractivity contribution in [2.75, 3.05) is 18.1 Å². The molecule has 0 amide bonds. The molecule has 0 heterocycles. The van der Waals surface area contributed by atoms with Crippen molar-refractivity contribution < 1.29 is 13.2 Å². The first-order valence-electron chi connectivity index (χ1n) is 5.50. The minimum Gasteiger partial charge on any atom is -0.492 e. The number of sulfone groups is 1. The molecule has 0 aromatic heterocycles. The van der Waals surface area contributed by atoms with Gasteiger partial charge in [-0.1, -0.05) is 32.0 Å². The molecule has 0 aliphatic rings. The first-order valence-corrected chi connectivity index (χ1v) is 7.32. The van der Waals surface area contributed by atoms with E-state index in [4.69, 9.17) is 4.74 Å². The van der Waals surface area contributed by atoms with Gasteiger partial charge < -0.3 is 4.74 Å². The Balaban J connectivity index is 2.55. The fraction of sp³-hybridized carbons (Fsp3) is 0.500. The van der Waals surface area contributed by atoms with Crippen LogP contribution in [0, 0.1) is 0 Å². The number of benzene rings is 1. The maximum Gasteiger partial charge on any atom is 0.153 e. The molecule has 0 saturated carbocycles. The van der Waals surface area contributed by atoms with Gasteiger partial charge in [0.2, 0.25) is 0 Å². The molecule has 0 aliphatic carbocycles. The molecule has 0 aliphatic heterocycles. The van der Waals surface area contributed by atoms with Crippen molar-refractivity contribution in [2.24, 2.45) is 0 Å². The van der Waals surface area contributed by atoms with Gasteiger partial charge in [0, 0.05) is 5.75 Å². The van der Waals surface area contributed by atoms with E-state index in [0.29, 0.717) is 0 Å². The zero-order chi connectivity index (χ0) is 12.0. The second kappa shape index (κ2) is 5.89. The molecule has 0 spiro atoms. The Morgan fingerprint density at radius 3 is 2.50 bits per heavy atom. The molecule has 0 atom stereocenters. The quantitative estimate of drug-likeness (QED) is 0.767. The van der Waals surface area contributed by atoms with E-state index in [0.717, 1.165) is 17.7 Å². The monoisotopic (exact) mass is 242 g/mol. The van der Waals surface area contributed by atoms with E-state index in [9.17, 15) is 8.42 Å². The number of rotatable bonds is 6. The summed E-state index contributed by atoms with van der Waals surface area (Å²) in [6.07, 6.45) is 0.886. The van der Waals surface area contributed by atoms with Gasteiger partial charge in [0.15, 0.2) is 9.84 Å². The summed E-state index contributed by atoms with van der Waals surface area (Å²) in [6.45, 7) is 3.92. The SMILES string of the molecule is CCc1ccccc1OCCS(=O)(=O)CC. The summed E-state index contributed by atoms with van der Waals surface area (Å²) >= 11 is 0. The maximum atomic E-state index is 11.3. The lowest BCUT2D eigenvalue weighted by atomic mass is 10.1. The summed E-state index contributed by atoms with van der Waals surface area (Å²) in [5.74, 6) is 1.05. The largest absolute Gasteiger partial charge is 0.492 e. The molecule has 0 bridgehead atoms. The molecule has 1 rings (SSSR count). The zero-order valence-electron chi connectivity index (χ0n) is 9.77. The molecule has 1 aromatic rings. The molecule has 90 valence electrons. The minimum absolute atomic E-state index is 0.0849. The van der Waals surface area contributed by atoms with Crippen molar-refractivity contribution >= 4 is 9.84 Å². The van der Waals surface area contributed by atoms with Crippen LogP contribution >= 0.6 is 0 Å². The van der Waals surface area contributed by atoms with Crippen molar-refractivity contribution in [1.29, 1.82) is 0 Å². The second-order valence-corrected chi connectivity index (χ2v) is 6.02. The Kier molecular flexibility index (Phi) is 4.80. The Morgan fingerprint density at radius 1 is 1.19 bits per heavy atom. The Hall–Kier alpha value is -1.03. The van der Waals surface area contributed by atoms with Crippen molar-refractivity contribution in [2.45, 2.75) is 20.3 Å². The second-order valence-electron chi connectivity index (χ2n) is 3.55. The first-order chi connectivity index (χ1) is 7.59. The molecule has 0 N–H and O–H groups in total. The van der Waals surface area contributed by atoms with E-state index in [1.165, 1.54) is 0 Å². The van der Waals surface area contributed by atoms with Crippen LogP contribution in [0.2, 0.25) is 0 Å². The number of aryl methyl sites for hydroxylation is 1. The Morgan fingerprint density at radius 2 is 1.88 bits per heavy atom. The predicted octanol–water partition coefficient (Wildman–Crippen LogP) is 2.06. The molecule has 0 unspecified atom stereocenters. The molecule has 1 aromatic carbocycles. The lowest BCUT2D eigenvalue weighted by Gasteiger charge is -2.09. The summed E-state index contributed by atoms with van der Waals surface area (Å²) in [6, 6.07) is 7.71. The highest BCUT2D eigenvalue weighted by molar-refractivity contribution is 7.91. The van der Waals surface area contributed by atoms with Crippen LogP contribution < -0.4 is 4.74 Å². The van der Waals surface area contributed by atoms with Crippen LogP contribution in [0.1, 0.15) is 19.4 Å². The molecular weight excluding hydrogens is 224 g/mol. The smallest absolute Gasteiger partial charge is 0.153 e. The summed E-state index contributed by atoms with van der Waals surface area (Å²) in [4.78, 5) is 0. The standard InChI is InChI=1S/C12H18O3S/c1-3-11-7-5-6-8-12(11)15-9-10-16(13,14)4-2/h5-8H,3-4,9-10H2,1-2H3. The summed E-state index contributed by atoms with van der Waals surface area (Å²) in [5.41, 5.74) is 1.11. The molecule has 0 radical (unpaired) electrons. The third kappa shape index (κ3) is 3.85. The van der Waals surface area contributed by atoms with Crippen molar-refractivity contribution in [3.8, 4) is 5.75 Å². The fourth-order valence-electron chi connectivity index (χ4n) is 1.36. The fourth-order valence-corrected chi connectivity index (χ4v) is 1.99. The Labute approximate surface area is 97.4 Å². The number of hydrogen-bond acceptors (Lipinski definition) is 3. The molecule has 4 heteroatoms. The van der Waals surface area contributed by atoms with Gasteiger partial charge in [0.05, 0.1) is 5.75 Å². The van der Waals surface area contributed by atoms with E-state index >= 15 is 0 Å². The molecular formula is C12H18O3S. The van der Waals surface area contributed by atoms with E-state index in [1.807, 2.05) is 31.2 Å². The first kappa shape index (κ1) is 13.0. The third-order valence-corrected chi connectivity index (χ3v) is 4.11. The summed E-state index contributed by atoms with van der Waals surface area (Å²) in [7, 11) is -2.93. The van der Waals surface area contributed by atoms with Crippen LogP contribution in [0.3, 0.4) is 0 Å². The lowest BCUT2D eigenvalue weighted by molar-refractivity contribution is 0.337. The van der Waals surface area contributed by atoms with Crippen LogP contribution in [0.15, 0.2) is 24.3 Å². The van der Waals surface area contributed by atoms with Gasteiger partial charge in [-0.3, -0.25) is 0 Å². The van der Waals surface area contributed by atoms with Gasteiger partial charge in [-0.15, -0.1) is 0 Å². The van der Waals surface area contributed by atoms with Crippen LogP contribution in [0.4, 0.5) is 0 Å². The number of ether oxygens (including phenoxy) is 1. The van der Waals surface area contributed by atoms with Gasteiger partial charge in [0.1, 0.15) is 12.4 Å². The van der Waals surface area contributed by atoms with E-state index in [-0.39, 0.29) is 18.1 Å². The van der Waals surface area contributed by atoms with Gasteiger partial charge in [-0.05, 0) is 18.1 Å². The summed E-state index contributed by atoms with van der Waals surface area (Å²) < 4.78 is 28.0. The predicted molar refractivity (Wildman–Crippen MR) is 65.6 cm³/mol. The molecule has 0 fully saturated rings. The van der Waals surface area contributed by atoms with Crippen molar-refractivity contribution in [3.05, 3.63) is 29.8 Å². The van der Waals surface area contributed by atoms with Gasteiger partial charge in [-0.25, -0.2) is 8.42 Å². The minimum atomic E-state index is -2.93. The van der Waals surface area contributed by atoms with Crippen molar-refractivity contribution in [1.82, 2.24) is 0 Å². The van der Waals surface area contributed by atoms with Gasteiger partial charge in [-0.2, -0.15) is 0 Å². The molecule has 16 heavy (non-hydrogen) atoms. The highest BCUT2D eigenvalue weighted by Gasteiger charge is 2.08. The third-order valence-electron chi connectivity index (χ3n) is 2.45.